The summed E-state index contributed by atoms with van der Waals surface area (Å²) in [6.45, 7) is 1.16. The minimum Gasteiger partial charge on any atom is -0.508 e. The first-order chi connectivity index (χ1) is 11.6. The zero-order valence-electron chi connectivity index (χ0n) is 13.1. The molecule has 0 bridgehead atoms. The van der Waals surface area contributed by atoms with E-state index in [4.69, 9.17) is 0 Å². The number of ketones is 1. The fourth-order valence-corrected chi connectivity index (χ4v) is 3.47. The molecule has 0 radical (unpaired) electrons. The molecule has 0 aromatic heterocycles. The molecule has 1 N–H and O–H groups in total. The molecule has 1 heterocycles. The van der Waals surface area contributed by atoms with Gasteiger partial charge in [0, 0.05) is 29.0 Å². The van der Waals surface area contributed by atoms with E-state index in [2.05, 4.69) is 15.9 Å². The van der Waals surface area contributed by atoms with Crippen LogP contribution in [0.2, 0.25) is 0 Å². The average molecular weight is 388 g/mol. The monoisotopic (exact) mass is 387 g/mol. The molecule has 0 unspecified atom stereocenters. The lowest BCUT2D eigenvalue weighted by molar-refractivity contribution is 0.0649. The Bertz CT molecular complexity index is 749. The zero-order valence-corrected chi connectivity index (χ0v) is 14.7. The number of carbonyl (C=O) groups is 2. The predicted molar refractivity (Wildman–Crippen MR) is 95.2 cm³/mol. The number of phenols is 1. The Morgan fingerprint density at radius 1 is 1.00 bits per heavy atom. The van der Waals surface area contributed by atoms with Crippen LogP contribution in [0, 0.1) is 5.92 Å². The summed E-state index contributed by atoms with van der Waals surface area (Å²) in [6, 6.07) is 13.7. The van der Waals surface area contributed by atoms with E-state index in [9.17, 15) is 14.7 Å². The summed E-state index contributed by atoms with van der Waals surface area (Å²) in [6.07, 6.45) is 1.33. The van der Waals surface area contributed by atoms with Crippen LogP contribution in [0.25, 0.3) is 0 Å². The lowest BCUT2D eigenvalue weighted by Gasteiger charge is -2.31. The molecule has 0 spiro atoms. The molecule has 5 heteroatoms. The second-order valence-electron chi connectivity index (χ2n) is 5.96. The number of hydrogen-bond acceptors (Lipinski definition) is 3. The fourth-order valence-electron chi connectivity index (χ4n) is 3.01. The van der Waals surface area contributed by atoms with Gasteiger partial charge in [0.05, 0.1) is 5.56 Å². The van der Waals surface area contributed by atoms with Gasteiger partial charge in [0.15, 0.2) is 5.78 Å². The Kier molecular flexibility index (Phi) is 5.00. The summed E-state index contributed by atoms with van der Waals surface area (Å²) in [4.78, 5) is 26.9. The lowest BCUT2D eigenvalue weighted by Crippen LogP contribution is -2.40. The molecule has 2 aromatic rings. The second kappa shape index (κ2) is 7.18. The fraction of sp³-hybridized carbons (Fsp3) is 0.263. The van der Waals surface area contributed by atoms with Gasteiger partial charge in [-0.1, -0.05) is 12.1 Å². The van der Waals surface area contributed by atoms with Crippen molar-refractivity contribution in [1.29, 1.82) is 0 Å². The average Bonchev–Trinajstić information content (AvgIpc) is 2.62. The van der Waals surface area contributed by atoms with Gasteiger partial charge in [0.2, 0.25) is 0 Å². The van der Waals surface area contributed by atoms with Crippen molar-refractivity contribution in [3.8, 4) is 5.75 Å². The summed E-state index contributed by atoms with van der Waals surface area (Å²) in [5.41, 5.74) is 1.27. The summed E-state index contributed by atoms with van der Waals surface area (Å²) < 4.78 is 0.789. The van der Waals surface area contributed by atoms with Crippen LogP contribution in [0.4, 0.5) is 0 Å². The third-order valence-electron chi connectivity index (χ3n) is 4.41. The standard InChI is InChI=1S/C19H18BrNO3/c20-17-4-2-1-3-16(17)19(24)21-11-9-14(10-12-21)18(23)13-5-7-15(22)8-6-13/h1-8,14,22H,9-12H2. The number of piperidine rings is 1. The van der Waals surface area contributed by atoms with Crippen molar-refractivity contribution in [3.05, 3.63) is 64.1 Å². The van der Waals surface area contributed by atoms with Gasteiger partial charge >= 0.3 is 0 Å². The quantitative estimate of drug-likeness (QED) is 0.812. The Balaban J connectivity index is 1.63. The Hall–Kier alpha value is -2.14. The van der Waals surface area contributed by atoms with Crippen LogP contribution in [-0.2, 0) is 0 Å². The van der Waals surface area contributed by atoms with E-state index in [1.807, 2.05) is 18.2 Å². The highest BCUT2D eigenvalue weighted by Gasteiger charge is 2.28. The molecule has 1 aliphatic heterocycles. The van der Waals surface area contributed by atoms with Crippen LogP contribution in [-0.4, -0.2) is 34.8 Å². The van der Waals surface area contributed by atoms with Crippen LogP contribution in [0.3, 0.4) is 0 Å². The van der Waals surface area contributed by atoms with Gasteiger partial charge in [-0.25, -0.2) is 0 Å². The maximum absolute atomic E-state index is 12.6. The summed E-state index contributed by atoms with van der Waals surface area (Å²) >= 11 is 3.41. The lowest BCUT2D eigenvalue weighted by atomic mass is 9.88. The Morgan fingerprint density at radius 3 is 2.25 bits per heavy atom. The highest BCUT2D eigenvalue weighted by Crippen LogP contribution is 2.25. The molecule has 1 aliphatic rings. The van der Waals surface area contributed by atoms with E-state index in [0.717, 1.165) is 4.47 Å². The number of Topliss-reactive ketones (excluding diaryl/α,β-unsaturated/α-hetero) is 1. The largest absolute Gasteiger partial charge is 0.508 e. The maximum Gasteiger partial charge on any atom is 0.254 e. The highest BCUT2D eigenvalue weighted by atomic mass is 79.9. The summed E-state index contributed by atoms with van der Waals surface area (Å²) in [7, 11) is 0. The van der Waals surface area contributed by atoms with E-state index in [1.165, 1.54) is 12.1 Å². The number of aromatic hydroxyl groups is 1. The van der Waals surface area contributed by atoms with Crippen molar-refractivity contribution in [2.75, 3.05) is 13.1 Å². The third kappa shape index (κ3) is 3.51. The molecular formula is C19H18BrNO3. The van der Waals surface area contributed by atoms with Gasteiger partial charge in [-0.2, -0.15) is 0 Å². The van der Waals surface area contributed by atoms with Gasteiger partial charge in [0.1, 0.15) is 5.75 Å². The number of hydrogen-bond donors (Lipinski definition) is 1. The second-order valence-corrected chi connectivity index (χ2v) is 6.81. The maximum atomic E-state index is 12.6. The molecule has 124 valence electrons. The normalized spacial score (nSPS) is 15.3. The van der Waals surface area contributed by atoms with Crippen LogP contribution < -0.4 is 0 Å². The number of amides is 1. The SMILES string of the molecule is O=C(c1ccc(O)cc1)C1CCN(C(=O)c2ccccc2Br)CC1. The number of likely N-dealkylation sites (tertiary alicyclic amines) is 1. The van der Waals surface area contributed by atoms with Crippen molar-refractivity contribution >= 4 is 27.6 Å². The number of carbonyl (C=O) groups excluding carboxylic acids is 2. The molecule has 0 saturated carbocycles. The van der Waals surface area contributed by atoms with Crippen LogP contribution >= 0.6 is 15.9 Å². The molecule has 4 nitrogen and oxygen atoms in total. The van der Waals surface area contributed by atoms with E-state index >= 15 is 0 Å². The van der Waals surface area contributed by atoms with Gasteiger partial charge in [-0.15, -0.1) is 0 Å². The summed E-state index contributed by atoms with van der Waals surface area (Å²) in [5, 5.41) is 9.32. The van der Waals surface area contributed by atoms with Gasteiger partial charge in [-0.3, -0.25) is 9.59 Å². The molecule has 24 heavy (non-hydrogen) atoms. The van der Waals surface area contributed by atoms with Crippen molar-refractivity contribution in [3.63, 3.8) is 0 Å². The van der Waals surface area contributed by atoms with Crippen LogP contribution in [0.1, 0.15) is 33.6 Å². The topological polar surface area (TPSA) is 57.6 Å². The molecule has 1 amide bonds. The van der Waals surface area contributed by atoms with E-state index in [1.54, 1.807) is 23.1 Å². The van der Waals surface area contributed by atoms with E-state index in [-0.39, 0.29) is 23.4 Å². The molecular weight excluding hydrogens is 370 g/mol. The molecule has 3 rings (SSSR count). The number of phenolic OH excluding ortho intramolecular Hbond substituents is 1. The zero-order chi connectivity index (χ0) is 17.1. The molecule has 1 saturated heterocycles. The first-order valence-corrected chi connectivity index (χ1v) is 8.72. The van der Waals surface area contributed by atoms with Crippen molar-refractivity contribution in [2.24, 2.45) is 5.92 Å². The van der Waals surface area contributed by atoms with Gasteiger partial charge in [0.25, 0.3) is 5.91 Å². The van der Waals surface area contributed by atoms with Gasteiger partial charge in [-0.05, 0) is 65.2 Å². The predicted octanol–water partition coefficient (Wildman–Crippen LogP) is 3.89. The number of benzene rings is 2. The highest BCUT2D eigenvalue weighted by molar-refractivity contribution is 9.10. The Labute approximate surface area is 149 Å². The van der Waals surface area contributed by atoms with Gasteiger partial charge < -0.3 is 10.0 Å². The smallest absolute Gasteiger partial charge is 0.254 e. The van der Waals surface area contributed by atoms with E-state index in [0.29, 0.717) is 37.1 Å². The van der Waals surface area contributed by atoms with Crippen LogP contribution in [0.15, 0.2) is 53.0 Å². The minimum atomic E-state index is -0.0715. The molecule has 0 atom stereocenters. The molecule has 2 aromatic carbocycles. The number of rotatable bonds is 3. The first-order valence-electron chi connectivity index (χ1n) is 7.93. The first kappa shape index (κ1) is 16.7. The third-order valence-corrected chi connectivity index (χ3v) is 5.10. The van der Waals surface area contributed by atoms with Crippen molar-refractivity contribution in [1.82, 2.24) is 4.90 Å². The Morgan fingerprint density at radius 2 is 1.62 bits per heavy atom. The number of nitrogens with zero attached hydrogens (tertiary/aromatic N) is 1. The minimum absolute atomic E-state index is 0.00184. The van der Waals surface area contributed by atoms with E-state index < -0.39 is 0 Å². The van der Waals surface area contributed by atoms with Crippen molar-refractivity contribution in [2.45, 2.75) is 12.8 Å². The van der Waals surface area contributed by atoms with Crippen molar-refractivity contribution < 1.29 is 14.7 Å². The number of halogens is 1. The molecule has 1 fully saturated rings. The van der Waals surface area contributed by atoms with Crippen LogP contribution in [0.5, 0.6) is 5.75 Å². The summed E-state index contributed by atoms with van der Waals surface area (Å²) in [5.74, 6) is 0.166. The molecule has 0 aliphatic carbocycles.